The molecule has 0 aliphatic carbocycles. The zero-order chi connectivity index (χ0) is 22.3. The lowest BCUT2D eigenvalue weighted by atomic mass is 9.98. The van der Waals surface area contributed by atoms with Crippen LogP contribution in [0.2, 0.25) is 0 Å². The van der Waals surface area contributed by atoms with Crippen LogP contribution in [0, 0.1) is 0 Å². The molecule has 2 amide bonds. The third-order valence-corrected chi connectivity index (χ3v) is 7.70. The van der Waals surface area contributed by atoms with Crippen LogP contribution >= 0.6 is 0 Å². The molecule has 0 saturated carbocycles. The number of benzene rings is 1. The van der Waals surface area contributed by atoms with Gasteiger partial charge in [0.05, 0.1) is 11.5 Å². The fraction of sp³-hybridized carbons (Fsp3) is 0.381. The average Bonchev–Trinajstić information content (AvgIpc) is 2.80. The molecule has 0 bridgehead atoms. The van der Waals surface area contributed by atoms with Crippen LogP contribution in [0.1, 0.15) is 29.8 Å². The first-order valence-electron chi connectivity index (χ1n) is 9.91. The normalized spacial score (nSPS) is 15.7. The number of aromatic nitrogens is 1. The van der Waals surface area contributed by atoms with E-state index in [4.69, 9.17) is 15.2 Å². The monoisotopic (exact) mass is 447 g/mol. The molecule has 1 aliphatic rings. The minimum absolute atomic E-state index is 0.0168. The molecule has 166 valence electrons. The van der Waals surface area contributed by atoms with Crippen molar-refractivity contribution in [3.8, 4) is 5.75 Å². The zero-order valence-electron chi connectivity index (χ0n) is 17.0. The highest BCUT2D eigenvalue weighted by Gasteiger charge is 2.51. The third kappa shape index (κ3) is 5.02. The number of pyridine rings is 1. The SMILES string of the molecule is NC(=O)C1(S(=O)(=O)c2ccc(OCCCNC(=O)c3ccccn3)cc2)CCOCC1. The van der Waals surface area contributed by atoms with Gasteiger partial charge >= 0.3 is 0 Å². The van der Waals surface area contributed by atoms with Crippen molar-refractivity contribution in [3.05, 3.63) is 54.4 Å². The summed E-state index contributed by atoms with van der Waals surface area (Å²) in [7, 11) is -3.97. The van der Waals surface area contributed by atoms with Crippen LogP contribution in [-0.4, -0.2) is 56.3 Å². The summed E-state index contributed by atoms with van der Waals surface area (Å²) in [6.07, 6.45) is 2.18. The average molecular weight is 448 g/mol. The highest BCUT2D eigenvalue weighted by atomic mass is 32.2. The maximum atomic E-state index is 13.1. The van der Waals surface area contributed by atoms with Gasteiger partial charge < -0.3 is 20.5 Å². The van der Waals surface area contributed by atoms with Gasteiger partial charge in [-0.2, -0.15) is 0 Å². The van der Waals surface area contributed by atoms with Crippen molar-refractivity contribution >= 4 is 21.7 Å². The predicted octanol–water partition coefficient (Wildman–Crippen LogP) is 1.09. The van der Waals surface area contributed by atoms with Gasteiger partial charge in [0.2, 0.25) is 5.91 Å². The van der Waals surface area contributed by atoms with E-state index in [9.17, 15) is 18.0 Å². The smallest absolute Gasteiger partial charge is 0.269 e. The molecule has 1 aromatic carbocycles. The molecule has 31 heavy (non-hydrogen) atoms. The van der Waals surface area contributed by atoms with Gasteiger partial charge in [-0.15, -0.1) is 0 Å². The fourth-order valence-corrected chi connectivity index (χ4v) is 5.26. The van der Waals surface area contributed by atoms with Crippen LogP contribution in [0.5, 0.6) is 5.75 Å². The summed E-state index contributed by atoms with van der Waals surface area (Å²) in [6.45, 7) is 1.07. The fourth-order valence-electron chi connectivity index (χ4n) is 3.34. The summed E-state index contributed by atoms with van der Waals surface area (Å²) in [6, 6.07) is 11.0. The lowest BCUT2D eigenvalue weighted by Gasteiger charge is -2.33. The van der Waals surface area contributed by atoms with Gasteiger partial charge in [-0.25, -0.2) is 8.42 Å². The minimum Gasteiger partial charge on any atom is -0.494 e. The molecule has 1 aliphatic heterocycles. The first-order valence-corrected chi connectivity index (χ1v) is 11.4. The minimum atomic E-state index is -3.97. The molecular formula is C21H25N3O6S. The van der Waals surface area contributed by atoms with E-state index >= 15 is 0 Å². The van der Waals surface area contributed by atoms with Gasteiger partial charge in [-0.05, 0) is 55.7 Å². The van der Waals surface area contributed by atoms with E-state index in [0.717, 1.165) is 0 Å². The lowest BCUT2D eigenvalue weighted by molar-refractivity contribution is -0.122. The molecule has 2 aromatic rings. The topological polar surface area (TPSA) is 138 Å². The quantitative estimate of drug-likeness (QED) is 0.549. The van der Waals surface area contributed by atoms with Gasteiger partial charge in [0, 0.05) is 26.0 Å². The number of nitrogens with zero attached hydrogens (tertiary/aromatic N) is 1. The van der Waals surface area contributed by atoms with Crippen molar-refractivity contribution in [2.45, 2.75) is 28.9 Å². The van der Waals surface area contributed by atoms with Crippen molar-refractivity contribution in [1.82, 2.24) is 10.3 Å². The number of rotatable bonds is 9. The van der Waals surface area contributed by atoms with Gasteiger partial charge in [-0.3, -0.25) is 14.6 Å². The van der Waals surface area contributed by atoms with E-state index in [-0.39, 0.29) is 36.9 Å². The van der Waals surface area contributed by atoms with Crippen molar-refractivity contribution < 1.29 is 27.5 Å². The standard InChI is InChI=1S/C21H25N3O6S/c22-20(26)21(9-14-29-15-10-21)31(27,28)17-7-5-16(6-8-17)30-13-3-12-24-19(25)18-4-1-2-11-23-18/h1-2,4-8,11H,3,9-10,12-15H2,(H2,22,26)(H,24,25). The Morgan fingerprint density at radius 1 is 1.13 bits per heavy atom. The number of primary amides is 1. The number of carbonyl (C=O) groups is 2. The van der Waals surface area contributed by atoms with E-state index in [1.165, 1.54) is 24.3 Å². The Bertz CT molecular complexity index is 1000. The van der Waals surface area contributed by atoms with Crippen molar-refractivity contribution in [3.63, 3.8) is 0 Å². The molecule has 1 aromatic heterocycles. The first kappa shape index (κ1) is 22.7. The van der Waals surface area contributed by atoms with Crippen LogP contribution in [-0.2, 0) is 19.4 Å². The number of nitrogens with two attached hydrogens (primary N) is 1. The second kappa shape index (κ2) is 9.88. The lowest BCUT2D eigenvalue weighted by Crippen LogP contribution is -2.53. The highest BCUT2D eigenvalue weighted by Crippen LogP contribution is 2.35. The van der Waals surface area contributed by atoms with E-state index in [1.807, 2.05) is 0 Å². The summed E-state index contributed by atoms with van der Waals surface area (Å²) >= 11 is 0. The summed E-state index contributed by atoms with van der Waals surface area (Å²) in [4.78, 5) is 27.9. The maximum absolute atomic E-state index is 13.1. The van der Waals surface area contributed by atoms with Crippen molar-refractivity contribution in [2.75, 3.05) is 26.4 Å². The second-order valence-corrected chi connectivity index (χ2v) is 9.38. The molecule has 0 unspecified atom stereocenters. The summed E-state index contributed by atoms with van der Waals surface area (Å²) in [5.41, 5.74) is 5.82. The molecule has 0 atom stereocenters. The Hall–Kier alpha value is -2.98. The van der Waals surface area contributed by atoms with Gasteiger partial charge in [0.15, 0.2) is 14.6 Å². The maximum Gasteiger partial charge on any atom is 0.269 e. The molecule has 2 heterocycles. The van der Waals surface area contributed by atoms with Crippen molar-refractivity contribution in [1.29, 1.82) is 0 Å². The molecule has 1 fully saturated rings. The molecule has 3 rings (SSSR count). The Balaban J connectivity index is 1.53. The third-order valence-electron chi connectivity index (χ3n) is 5.17. The Morgan fingerprint density at radius 2 is 1.84 bits per heavy atom. The van der Waals surface area contributed by atoms with E-state index < -0.39 is 20.5 Å². The summed E-state index contributed by atoms with van der Waals surface area (Å²) in [5.74, 6) is -0.634. The molecule has 1 saturated heterocycles. The Kier molecular flexibility index (Phi) is 7.24. The van der Waals surface area contributed by atoms with E-state index in [2.05, 4.69) is 10.3 Å². The largest absolute Gasteiger partial charge is 0.494 e. The van der Waals surface area contributed by atoms with Crippen LogP contribution in [0.15, 0.2) is 53.6 Å². The van der Waals surface area contributed by atoms with Crippen LogP contribution in [0.3, 0.4) is 0 Å². The van der Waals surface area contributed by atoms with E-state index in [1.54, 1.807) is 24.4 Å². The van der Waals surface area contributed by atoms with Crippen LogP contribution in [0.25, 0.3) is 0 Å². The molecular weight excluding hydrogens is 422 g/mol. The molecule has 3 N–H and O–H groups in total. The van der Waals surface area contributed by atoms with E-state index in [0.29, 0.717) is 31.0 Å². The van der Waals surface area contributed by atoms with Gasteiger partial charge in [0.1, 0.15) is 11.4 Å². The molecule has 0 radical (unpaired) electrons. The predicted molar refractivity (Wildman–Crippen MR) is 112 cm³/mol. The Morgan fingerprint density at radius 3 is 2.45 bits per heavy atom. The summed E-state index contributed by atoms with van der Waals surface area (Å²) < 4.78 is 35.4. The summed E-state index contributed by atoms with van der Waals surface area (Å²) in [5, 5.41) is 2.75. The number of amides is 2. The number of ether oxygens (including phenoxy) is 2. The van der Waals surface area contributed by atoms with Crippen LogP contribution < -0.4 is 15.8 Å². The molecule has 0 spiro atoms. The number of sulfone groups is 1. The van der Waals surface area contributed by atoms with Crippen LogP contribution in [0.4, 0.5) is 0 Å². The highest BCUT2D eigenvalue weighted by molar-refractivity contribution is 7.93. The zero-order valence-corrected chi connectivity index (χ0v) is 17.8. The van der Waals surface area contributed by atoms with Crippen molar-refractivity contribution in [2.24, 2.45) is 5.73 Å². The number of nitrogens with one attached hydrogen (secondary N) is 1. The first-order chi connectivity index (χ1) is 14.9. The molecule has 9 nitrogen and oxygen atoms in total. The number of hydrogen-bond acceptors (Lipinski definition) is 7. The second-order valence-electron chi connectivity index (χ2n) is 7.12. The van der Waals surface area contributed by atoms with Gasteiger partial charge in [-0.1, -0.05) is 6.07 Å². The van der Waals surface area contributed by atoms with Gasteiger partial charge in [0.25, 0.3) is 5.91 Å². The molecule has 10 heteroatoms. The number of hydrogen-bond donors (Lipinski definition) is 2. The number of carbonyl (C=O) groups excluding carboxylic acids is 2. The Labute approximate surface area is 180 Å².